The quantitative estimate of drug-likeness (QED) is 0.756. The highest BCUT2D eigenvalue weighted by Gasteiger charge is 2.27. The Labute approximate surface area is 112 Å². The Balaban J connectivity index is 2.16. The molecule has 2 aromatic rings. The van der Waals surface area contributed by atoms with Crippen LogP contribution >= 0.6 is 7.60 Å². The van der Waals surface area contributed by atoms with E-state index in [9.17, 15) is 4.57 Å². The fourth-order valence-corrected chi connectivity index (χ4v) is 3.02. The summed E-state index contributed by atoms with van der Waals surface area (Å²) in [4.78, 5) is 7.99. The number of nitrogens with zero attached hydrogens (tertiary/aromatic N) is 2. The van der Waals surface area contributed by atoms with E-state index in [1.807, 2.05) is 6.92 Å². The lowest BCUT2D eigenvalue weighted by atomic mass is 10.5. The maximum Gasteiger partial charge on any atom is 0.433 e. The number of pyridine rings is 2. The summed E-state index contributed by atoms with van der Waals surface area (Å²) < 4.78 is 23.5. The molecular weight excluding hydrogens is 263 g/mol. The van der Waals surface area contributed by atoms with Crippen LogP contribution in [0.2, 0.25) is 0 Å². The minimum atomic E-state index is -3.29. The lowest BCUT2D eigenvalue weighted by Gasteiger charge is -2.18. The Morgan fingerprint density at radius 2 is 1.53 bits per heavy atom. The van der Waals surface area contributed by atoms with Gasteiger partial charge in [-0.1, -0.05) is 19.1 Å². The minimum absolute atomic E-state index is 0.287. The molecule has 5 nitrogen and oxygen atoms in total. The van der Waals surface area contributed by atoms with Gasteiger partial charge in [0.2, 0.25) is 11.8 Å². The number of rotatable bonds is 6. The van der Waals surface area contributed by atoms with E-state index < -0.39 is 7.60 Å². The molecule has 0 bridgehead atoms. The summed E-state index contributed by atoms with van der Waals surface area (Å²) in [5, 5.41) is 0. The molecule has 0 aromatic carbocycles. The van der Waals surface area contributed by atoms with Crippen molar-refractivity contribution in [3.05, 3.63) is 48.8 Å². The molecule has 2 heterocycles. The summed E-state index contributed by atoms with van der Waals surface area (Å²) in [5.41, 5.74) is 0. The van der Waals surface area contributed by atoms with Crippen molar-refractivity contribution in [1.82, 2.24) is 9.97 Å². The van der Waals surface area contributed by atoms with Gasteiger partial charge in [0.05, 0.1) is 6.16 Å². The molecule has 0 aliphatic heterocycles. The first kappa shape index (κ1) is 13.6. The Morgan fingerprint density at radius 3 is 1.89 bits per heavy atom. The fourth-order valence-electron chi connectivity index (χ4n) is 1.47. The zero-order valence-corrected chi connectivity index (χ0v) is 11.5. The van der Waals surface area contributed by atoms with E-state index in [1.54, 1.807) is 48.8 Å². The molecule has 6 heteroatoms. The predicted octanol–water partition coefficient (Wildman–Crippen LogP) is 3.54. The summed E-state index contributed by atoms with van der Waals surface area (Å²) >= 11 is 0. The fraction of sp³-hybridized carbons (Fsp3) is 0.231. The van der Waals surface area contributed by atoms with Crippen LogP contribution < -0.4 is 9.05 Å². The van der Waals surface area contributed by atoms with Gasteiger partial charge in [0, 0.05) is 24.5 Å². The first-order valence-corrected chi connectivity index (χ1v) is 7.75. The van der Waals surface area contributed by atoms with Crippen molar-refractivity contribution in [1.29, 1.82) is 0 Å². The van der Waals surface area contributed by atoms with E-state index in [-0.39, 0.29) is 11.8 Å². The summed E-state index contributed by atoms with van der Waals surface area (Å²) in [6, 6.07) is 10.3. The van der Waals surface area contributed by atoms with E-state index >= 15 is 0 Å². The maximum atomic E-state index is 12.6. The van der Waals surface area contributed by atoms with Crippen molar-refractivity contribution < 1.29 is 13.6 Å². The molecule has 0 saturated carbocycles. The van der Waals surface area contributed by atoms with Crippen LogP contribution in [-0.4, -0.2) is 16.1 Å². The highest BCUT2D eigenvalue weighted by Crippen LogP contribution is 2.47. The van der Waals surface area contributed by atoms with Crippen LogP contribution in [0.3, 0.4) is 0 Å². The SMILES string of the molecule is CCCP(=O)(Oc1ccccn1)Oc1ccccn1. The normalized spacial score (nSPS) is 11.0. The standard InChI is InChI=1S/C13H15N2O3P/c1-2-11-19(16,17-12-7-3-5-9-14-12)18-13-8-4-6-10-15-13/h3-10H,2,11H2,1H3. The van der Waals surface area contributed by atoms with Gasteiger partial charge in [0.25, 0.3) is 0 Å². The second-order valence-electron chi connectivity index (χ2n) is 3.85. The van der Waals surface area contributed by atoms with Crippen molar-refractivity contribution in [3.8, 4) is 11.8 Å². The largest absolute Gasteiger partial charge is 0.433 e. The van der Waals surface area contributed by atoms with Crippen molar-refractivity contribution >= 4 is 7.60 Å². The second kappa shape index (κ2) is 6.34. The second-order valence-corrected chi connectivity index (χ2v) is 5.89. The Morgan fingerprint density at radius 1 is 1.00 bits per heavy atom. The molecule has 0 atom stereocenters. The van der Waals surface area contributed by atoms with Crippen LogP contribution in [0.15, 0.2) is 48.8 Å². The van der Waals surface area contributed by atoms with Gasteiger partial charge in [-0.3, -0.25) is 0 Å². The molecule has 0 N–H and O–H groups in total. The van der Waals surface area contributed by atoms with Crippen LogP contribution in [0.5, 0.6) is 11.8 Å². The van der Waals surface area contributed by atoms with Gasteiger partial charge < -0.3 is 9.05 Å². The van der Waals surface area contributed by atoms with E-state index in [2.05, 4.69) is 9.97 Å². The maximum absolute atomic E-state index is 12.6. The molecule has 0 amide bonds. The van der Waals surface area contributed by atoms with E-state index in [0.29, 0.717) is 12.6 Å². The monoisotopic (exact) mass is 278 g/mol. The van der Waals surface area contributed by atoms with Gasteiger partial charge in [-0.05, 0) is 18.6 Å². The van der Waals surface area contributed by atoms with Crippen molar-refractivity contribution in [2.24, 2.45) is 0 Å². The molecule has 0 fully saturated rings. The Bertz CT molecular complexity index is 503. The van der Waals surface area contributed by atoms with Crippen LogP contribution in [0.25, 0.3) is 0 Å². The molecular formula is C13H15N2O3P. The highest BCUT2D eigenvalue weighted by atomic mass is 31.2. The third-order valence-electron chi connectivity index (χ3n) is 2.24. The third kappa shape index (κ3) is 4.07. The highest BCUT2D eigenvalue weighted by molar-refractivity contribution is 7.54. The van der Waals surface area contributed by atoms with Gasteiger partial charge in [0.1, 0.15) is 0 Å². The molecule has 100 valence electrons. The lowest BCUT2D eigenvalue weighted by Crippen LogP contribution is -2.06. The van der Waals surface area contributed by atoms with Crippen LogP contribution in [0.1, 0.15) is 13.3 Å². The van der Waals surface area contributed by atoms with E-state index in [4.69, 9.17) is 9.05 Å². The molecule has 0 spiro atoms. The Kier molecular flexibility index (Phi) is 4.53. The average molecular weight is 278 g/mol. The van der Waals surface area contributed by atoms with Crippen LogP contribution in [0, 0.1) is 0 Å². The molecule has 2 aromatic heterocycles. The summed E-state index contributed by atoms with van der Waals surface area (Å²) in [7, 11) is -3.29. The zero-order chi connectivity index (χ0) is 13.6. The topological polar surface area (TPSA) is 61.3 Å². The molecule has 0 saturated heterocycles. The molecule has 0 unspecified atom stereocenters. The summed E-state index contributed by atoms with van der Waals surface area (Å²) in [5.74, 6) is 0.574. The van der Waals surface area contributed by atoms with Gasteiger partial charge in [-0.25, -0.2) is 14.5 Å². The molecule has 0 radical (unpaired) electrons. The number of hydrogen-bond donors (Lipinski definition) is 0. The summed E-state index contributed by atoms with van der Waals surface area (Å²) in [6.45, 7) is 1.91. The predicted molar refractivity (Wildman–Crippen MR) is 72.5 cm³/mol. The molecule has 2 rings (SSSR count). The molecule has 19 heavy (non-hydrogen) atoms. The van der Waals surface area contributed by atoms with Gasteiger partial charge in [-0.2, -0.15) is 0 Å². The first-order valence-electron chi connectivity index (χ1n) is 6.02. The van der Waals surface area contributed by atoms with Gasteiger partial charge in [0.15, 0.2) is 0 Å². The average Bonchev–Trinajstić information content (AvgIpc) is 2.41. The van der Waals surface area contributed by atoms with Gasteiger partial charge in [-0.15, -0.1) is 0 Å². The number of aromatic nitrogens is 2. The van der Waals surface area contributed by atoms with E-state index in [1.165, 1.54) is 0 Å². The van der Waals surface area contributed by atoms with Crippen LogP contribution in [-0.2, 0) is 4.57 Å². The molecule has 0 aliphatic rings. The smallest absolute Gasteiger partial charge is 0.398 e. The first-order chi connectivity index (χ1) is 9.22. The lowest BCUT2D eigenvalue weighted by molar-refractivity contribution is 0.374. The van der Waals surface area contributed by atoms with Crippen molar-refractivity contribution in [2.45, 2.75) is 13.3 Å². The van der Waals surface area contributed by atoms with Gasteiger partial charge >= 0.3 is 7.60 Å². The van der Waals surface area contributed by atoms with Crippen molar-refractivity contribution in [2.75, 3.05) is 6.16 Å². The summed E-state index contributed by atoms with van der Waals surface area (Å²) in [6.07, 6.45) is 4.13. The van der Waals surface area contributed by atoms with E-state index in [0.717, 1.165) is 0 Å². The molecule has 0 aliphatic carbocycles. The zero-order valence-electron chi connectivity index (χ0n) is 10.6. The third-order valence-corrected chi connectivity index (χ3v) is 4.16. The Hall–Kier alpha value is -1.87. The van der Waals surface area contributed by atoms with Crippen LogP contribution in [0.4, 0.5) is 0 Å². The number of hydrogen-bond acceptors (Lipinski definition) is 5. The van der Waals surface area contributed by atoms with Crippen molar-refractivity contribution in [3.63, 3.8) is 0 Å². The minimum Gasteiger partial charge on any atom is -0.398 e.